The number of nitrogens with zero attached hydrogens (tertiary/aromatic N) is 1. The van der Waals surface area contributed by atoms with Crippen LogP contribution in [0.3, 0.4) is 0 Å². The molecule has 0 bridgehead atoms. The third-order valence-electron chi connectivity index (χ3n) is 5.11. The molecular formula is C19H21F2N3O6S2. The van der Waals surface area contributed by atoms with Gasteiger partial charge in [0.2, 0.25) is 15.9 Å². The minimum absolute atomic E-state index is 0.0342. The van der Waals surface area contributed by atoms with E-state index in [1.807, 2.05) is 0 Å². The predicted molar refractivity (Wildman–Crippen MR) is 112 cm³/mol. The van der Waals surface area contributed by atoms with Crippen LogP contribution in [0.25, 0.3) is 0 Å². The highest BCUT2D eigenvalue weighted by atomic mass is 32.2. The molecule has 0 spiro atoms. The van der Waals surface area contributed by atoms with Gasteiger partial charge in [-0.15, -0.1) is 0 Å². The largest absolute Gasteiger partial charge is 0.345 e. The quantitative estimate of drug-likeness (QED) is 0.562. The van der Waals surface area contributed by atoms with Crippen LogP contribution in [-0.4, -0.2) is 50.1 Å². The van der Waals surface area contributed by atoms with Crippen molar-refractivity contribution < 1.29 is 36.3 Å². The number of hydrogen-bond acceptors (Lipinski definition) is 7. The van der Waals surface area contributed by atoms with Gasteiger partial charge in [0.25, 0.3) is 11.1 Å². The number of imide groups is 1. The Morgan fingerprint density at radius 2 is 1.84 bits per heavy atom. The van der Waals surface area contributed by atoms with Crippen LogP contribution in [0.5, 0.6) is 0 Å². The average molecular weight is 490 g/mol. The summed E-state index contributed by atoms with van der Waals surface area (Å²) in [5.74, 6) is -1.22. The number of nitrogens with one attached hydrogen (secondary N) is 1. The molecular weight excluding hydrogens is 468 g/mol. The van der Waals surface area contributed by atoms with Gasteiger partial charge in [-0.1, -0.05) is 5.57 Å². The normalized spacial score (nSPS) is 19.8. The minimum atomic E-state index is -3.87. The number of sulfonamides is 1. The lowest BCUT2D eigenvalue weighted by atomic mass is 9.86. The van der Waals surface area contributed by atoms with Crippen LogP contribution in [0.15, 0.2) is 39.6 Å². The number of benzene rings is 1. The molecule has 32 heavy (non-hydrogen) atoms. The topological polar surface area (TPSA) is 136 Å². The van der Waals surface area contributed by atoms with E-state index in [1.165, 1.54) is 24.3 Å². The Balaban J connectivity index is 1.58. The van der Waals surface area contributed by atoms with Crippen LogP contribution in [-0.2, 0) is 24.3 Å². The lowest BCUT2D eigenvalue weighted by molar-refractivity contribution is -0.139. The third kappa shape index (κ3) is 6.12. The monoisotopic (exact) mass is 489 g/mol. The second-order valence-corrected chi connectivity index (χ2v) is 9.87. The van der Waals surface area contributed by atoms with Crippen molar-refractivity contribution in [1.82, 2.24) is 4.90 Å². The Morgan fingerprint density at radius 3 is 2.41 bits per heavy atom. The third-order valence-corrected chi connectivity index (χ3v) is 7.10. The molecule has 1 heterocycles. The molecule has 2 aliphatic rings. The van der Waals surface area contributed by atoms with E-state index in [0.717, 1.165) is 22.2 Å². The lowest BCUT2D eigenvalue weighted by Crippen LogP contribution is -2.36. The number of nitrogens with two attached hydrogens (primary N) is 1. The molecule has 13 heteroatoms. The highest BCUT2D eigenvalue weighted by Gasteiger charge is 2.38. The van der Waals surface area contributed by atoms with Gasteiger partial charge in [0, 0.05) is 5.69 Å². The van der Waals surface area contributed by atoms with Crippen molar-refractivity contribution in [3.05, 3.63) is 34.7 Å². The number of anilines is 1. The molecule has 1 saturated heterocycles. The minimum Gasteiger partial charge on any atom is -0.325 e. The van der Waals surface area contributed by atoms with E-state index in [4.69, 9.17) is 5.14 Å². The van der Waals surface area contributed by atoms with Crippen molar-refractivity contribution >= 4 is 44.5 Å². The van der Waals surface area contributed by atoms with Crippen molar-refractivity contribution in [2.24, 2.45) is 11.1 Å². The molecule has 0 aromatic heterocycles. The molecule has 1 aliphatic carbocycles. The van der Waals surface area contributed by atoms with E-state index in [-0.39, 0.29) is 28.0 Å². The van der Waals surface area contributed by atoms with Gasteiger partial charge < -0.3 is 10.1 Å². The highest BCUT2D eigenvalue weighted by Crippen LogP contribution is 2.39. The molecule has 3 rings (SSSR count). The molecule has 174 valence electrons. The van der Waals surface area contributed by atoms with Gasteiger partial charge in [0.1, 0.15) is 6.54 Å². The molecule has 1 aromatic rings. The number of rotatable bonds is 7. The SMILES string of the molecule is NS(=O)(=O)c1ccc(NC(=O)CN2C(=O)SC(=C3CCC(COC(F)F)CC3)C2=O)cc1. The van der Waals surface area contributed by atoms with Crippen molar-refractivity contribution in [3.8, 4) is 0 Å². The van der Waals surface area contributed by atoms with Gasteiger partial charge in [-0.3, -0.25) is 19.3 Å². The second kappa shape index (κ2) is 10.1. The summed E-state index contributed by atoms with van der Waals surface area (Å²) in [5.41, 5.74) is 1.06. The summed E-state index contributed by atoms with van der Waals surface area (Å²) in [7, 11) is -3.87. The maximum Gasteiger partial charge on any atom is 0.345 e. The van der Waals surface area contributed by atoms with Gasteiger partial charge in [-0.2, -0.15) is 8.78 Å². The predicted octanol–water partition coefficient (Wildman–Crippen LogP) is 2.65. The summed E-state index contributed by atoms with van der Waals surface area (Å²) < 4.78 is 51.2. The number of halogens is 2. The summed E-state index contributed by atoms with van der Waals surface area (Å²) in [6, 6.07) is 5.11. The Hall–Kier alpha value is -2.35. The molecule has 3 amide bonds. The molecule has 0 unspecified atom stereocenters. The Morgan fingerprint density at radius 1 is 1.22 bits per heavy atom. The molecule has 1 aromatic carbocycles. The van der Waals surface area contributed by atoms with Crippen LogP contribution in [0.2, 0.25) is 0 Å². The zero-order valence-corrected chi connectivity index (χ0v) is 18.4. The fourth-order valence-electron chi connectivity index (χ4n) is 3.45. The van der Waals surface area contributed by atoms with E-state index in [1.54, 1.807) is 0 Å². The van der Waals surface area contributed by atoms with Gasteiger partial charge in [0.05, 0.1) is 16.4 Å². The molecule has 0 atom stereocenters. The number of thioether (sulfide) groups is 1. The average Bonchev–Trinajstić information content (AvgIpc) is 3.00. The van der Waals surface area contributed by atoms with E-state index < -0.39 is 40.2 Å². The molecule has 1 saturated carbocycles. The number of allylic oxidation sites excluding steroid dienone is 1. The number of amides is 3. The summed E-state index contributed by atoms with van der Waals surface area (Å²) in [6.07, 6.45) is 2.13. The molecule has 0 radical (unpaired) electrons. The summed E-state index contributed by atoms with van der Waals surface area (Å²) in [6.45, 7) is -3.36. The maximum atomic E-state index is 12.7. The lowest BCUT2D eigenvalue weighted by Gasteiger charge is -2.24. The number of ether oxygens (including phenoxy) is 1. The molecule has 2 fully saturated rings. The van der Waals surface area contributed by atoms with Crippen molar-refractivity contribution in [2.45, 2.75) is 37.2 Å². The smallest absolute Gasteiger partial charge is 0.325 e. The Labute approximate surface area is 187 Å². The molecule has 1 aliphatic heterocycles. The summed E-state index contributed by atoms with van der Waals surface area (Å²) in [4.78, 5) is 38.3. The van der Waals surface area contributed by atoms with Gasteiger partial charge >= 0.3 is 6.61 Å². The summed E-state index contributed by atoms with van der Waals surface area (Å²) >= 11 is 0.766. The summed E-state index contributed by atoms with van der Waals surface area (Å²) in [5, 5.41) is 6.94. The molecule has 3 N–H and O–H groups in total. The highest BCUT2D eigenvalue weighted by molar-refractivity contribution is 8.18. The van der Waals surface area contributed by atoms with Crippen molar-refractivity contribution in [3.63, 3.8) is 0 Å². The number of alkyl halides is 2. The number of hydrogen-bond donors (Lipinski definition) is 2. The Bertz CT molecular complexity index is 1030. The zero-order valence-electron chi connectivity index (χ0n) is 16.8. The number of primary sulfonamides is 1. The first-order chi connectivity index (χ1) is 15.0. The standard InChI is InChI=1S/C19H21F2N3O6S2/c20-18(21)30-10-11-1-3-12(4-2-11)16-17(26)24(19(27)31-16)9-15(25)23-13-5-7-14(8-6-13)32(22,28)29/h5-8,11,18H,1-4,9-10H2,(H,23,25)(H2,22,28,29). The van der Waals surface area contributed by atoms with Gasteiger partial charge in [-0.25, -0.2) is 13.6 Å². The van der Waals surface area contributed by atoms with Crippen molar-refractivity contribution in [2.75, 3.05) is 18.5 Å². The maximum absolute atomic E-state index is 12.7. The first kappa shape index (κ1) is 24.3. The van der Waals surface area contributed by atoms with E-state index >= 15 is 0 Å². The van der Waals surface area contributed by atoms with Crippen LogP contribution >= 0.6 is 11.8 Å². The van der Waals surface area contributed by atoms with Crippen molar-refractivity contribution in [1.29, 1.82) is 0 Å². The first-order valence-corrected chi connectivity index (χ1v) is 12.0. The van der Waals surface area contributed by atoms with Crippen LogP contribution in [0.4, 0.5) is 19.3 Å². The van der Waals surface area contributed by atoms with E-state index in [2.05, 4.69) is 10.1 Å². The van der Waals surface area contributed by atoms with Crippen LogP contribution in [0, 0.1) is 5.92 Å². The second-order valence-electron chi connectivity index (χ2n) is 7.35. The van der Waals surface area contributed by atoms with Gasteiger partial charge in [-0.05, 0) is 67.6 Å². The van der Waals surface area contributed by atoms with E-state index in [0.29, 0.717) is 25.7 Å². The van der Waals surface area contributed by atoms with E-state index in [9.17, 15) is 31.6 Å². The Kier molecular flexibility index (Phi) is 7.64. The zero-order chi connectivity index (χ0) is 23.5. The van der Waals surface area contributed by atoms with Crippen LogP contribution < -0.4 is 10.5 Å². The van der Waals surface area contributed by atoms with Crippen LogP contribution in [0.1, 0.15) is 25.7 Å². The number of carbonyl (C=O) groups is 3. The first-order valence-electron chi connectivity index (χ1n) is 9.62. The fraction of sp³-hybridized carbons (Fsp3) is 0.421. The fourth-order valence-corrected chi connectivity index (χ4v) is 4.95. The number of carbonyl (C=O) groups excluding carboxylic acids is 3. The molecule has 9 nitrogen and oxygen atoms in total. The van der Waals surface area contributed by atoms with Gasteiger partial charge in [0.15, 0.2) is 0 Å².